The Morgan fingerprint density at radius 3 is 1.89 bits per heavy atom. The molecule has 0 spiro atoms. The number of rotatable bonds is 30. The second kappa shape index (κ2) is 28.4. The van der Waals surface area contributed by atoms with Crippen LogP contribution in [-0.4, -0.2) is 147 Å². The zero-order valence-corrected chi connectivity index (χ0v) is 39.1. The van der Waals surface area contributed by atoms with Crippen LogP contribution in [0.3, 0.4) is 0 Å². The number of aliphatic carboxylic acids is 2. The summed E-state index contributed by atoms with van der Waals surface area (Å²) in [6.45, 7) is 1.22. The Morgan fingerprint density at radius 2 is 1.27 bits per heavy atom. The number of nitrogens with one attached hydrogen (secondary N) is 8. The van der Waals surface area contributed by atoms with Crippen LogP contribution in [-0.2, 0) is 60.8 Å². The number of nitrogens with two attached hydrogens (primary N) is 4. The van der Waals surface area contributed by atoms with Crippen LogP contribution in [0.15, 0.2) is 65.8 Å². The monoisotopic (exact) mass is 993 g/mol. The summed E-state index contributed by atoms with van der Waals surface area (Å²) in [6.07, 6.45) is -0.0369. The lowest BCUT2D eigenvalue weighted by molar-refractivity contribution is -0.142. The normalized spacial score (nSPS) is 13.9. The average molecular weight is 994 g/mol. The molecule has 26 nitrogen and oxygen atoms in total. The summed E-state index contributed by atoms with van der Waals surface area (Å²) in [5.74, 6) is -11.6. The van der Waals surface area contributed by atoms with E-state index < -0.39 is 127 Å². The van der Waals surface area contributed by atoms with Gasteiger partial charge >= 0.3 is 11.9 Å². The molecule has 0 bridgehead atoms. The highest BCUT2D eigenvalue weighted by Gasteiger charge is 2.35. The number of carboxylic acid groups (broad SMARTS) is 2. The summed E-state index contributed by atoms with van der Waals surface area (Å²) < 4.78 is 0. The molecule has 3 rings (SSSR count). The van der Waals surface area contributed by atoms with Crippen molar-refractivity contribution in [1.82, 2.24) is 42.2 Å². The number of aromatic amines is 1. The Morgan fingerprint density at radius 1 is 0.662 bits per heavy atom. The van der Waals surface area contributed by atoms with Crippen LogP contribution in [0.1, 0.15) is 57.1 Å². The summed E-state index contributed by atoms with van der Waals surface area (Å²) in [6, 6.07) is 5.46. The van der Waals surface area contributed by atoms with Crippen molar-refractivity contribution in [3.8, 4) is 0 Å². The van der Waals surface area contributed by atoms with Crippen molar-refractivity contribution in [3.05, 3.63) is 71.9 Å². The van der Waals surface area contributed by atoms with E-state index >= 15 is 0 Å². The van der Waals surface area contributed by atoms with E-state index in [-0.39, 0.29) is 51.0 Å². The van der Waals surface area contributed by atoms with Gasteiger partial charge in [-0.1, -0.05) is 62.4 Å². The third kappa shape index (κ3) is 19.4. The number of carbonyl (C=O) groups excluding carboxylic acids is 8. The molecule has 26 heteroatoms. The molecule has 3 aromatic rings. The predicted molar refractivity (Wildman–Crippen MR) is 255 cm³/mol. The molecule has 7 unspecified atom stereocenters. The highest BCUT2D eigenvalue weighted by atomic mass is 16.4. The van der Waals surface area contributed by atoms with Gasteiger partial charge in [-0.15, -0.1) is 0 Å². The van der Waals surface area contributed by atoms with Crippen molar-refractivity contribution in [2.45, 2.75) is 101 Å². The van der Waals surface area contributed by atoms with Gasteiger partial charge in [-0.2, -0.15) is 0 Å². The Hall–Kier alpha value is -8.13. The number of para-hydroxylation sites is 1. The summed E-state index contributed by atoms with van der Waals surface area (Å²) in [5.41, 5.74) is 24.1. The standard InChI is InChI=1S/C45H63N13O13/c1-23(2)37(43(69)57-32(19-36(62)63)39(65)52-21-35(61)53-33(22-59)42(68)55-30(44(70)71)13-8-16-50-45(48)49)58-41(67)31(18-25-20-51-28-12-7-6-11-26(25)28)56-40(66)29(14-15-34(47)60)54-38(64)27(46)17-24-9-4-3-5-10-24/h3-7,9-12,20,23,27,29-33,37,51,59H,8,13-19,21-22,46H2,1-2H3,(H2,47,60)(H,52,65)(H,53,61)(H,54,64)(H,55,68)(H,56,66)(H,57,69)(H,58,67)(H,62,63)(H,70,71)(H4,48,49,50). The second-order valence-electron chi connectivity index (χ2n) is 16.7. The van der Waals surface area contributed by atoms with Gasteiger partial charge in [-0.05, 0) is 48.8 Å². The molecule has 19 N–H and O–H groups in total. The number of hydrogen-bond acceptors (Lipinski definition) is 13. The van der Waals surface area contributed by atoms with Crippen molar-refractivity contribution in [2.24, 2.45) is 33.8 Å². The Kier molecular flexibility index (Phi) is 22.9. The summed E-state index contributed by atoms with van der Waals surface area (Å²) in [5, 5.41) is 46.1. The first-order valence-corrected chi connectivity index (χ1v) is 22.4. The van der Waals surface area contributed by atoms with Gasteiger partial charge in [0, 0.05) is 36.5 Å². The summed E-state index contributed by atoms with van der Waals surface area (Å²) in [4.78, 5) is 137. The molecule has 2 aromatic carbocycles. The third-order valence-corrected chi connectivity index (χ3v) is 10.8. The van der Waals surface area contributed by atoms with Crippen molar-refractivity contribution in [2.75, 3.05) is 19.7 Å². The van der Waals surface area contributed by atoms with Crippen molar-refractivity contribution >= 4 is 76.1 Å². The number of fused-ring (bicyclic) bond motifs is 1. The molecular formula is C45H63N13O13. The summed E-state index contributed by atoms with van der Waals surface area (Å²) >= 11 is 0. The van der Waals surface area contributed by atoms with Crippen molar-refractivity contribution < 1.29 is 63.3 Å². The van der Waals surface area contributed by atoms with E-state index in [1.807, 2.05) is 0 Å². The topological polar surface area (TPSA) is 448 Å². The molecule has 0 radical (unpaired) electrons. The molecule has 71 heavy (non-hydrogen) atoms. The van der Waals surface area contributed by atoms with Crippen molar-refractivity contribution in [3.63, 3.8) is 0 Å². The first-order chi connectivity index (χ1) is 33.6. The molecule has 386 valence electrons. The number of aliphatic hydroxyl groups excluding tert-OH is 1. The quantitative estimate of drug-likeness (QED) is 0.0171. The molecule has 0 saturated heterocycles. The number of hydrogen-bond donors (Lipinski definition) is 15. The van der Waals surface area contributed by atoms with E-state index in [2.05, 4.69) is 47.2 Å². The van der Waals surface area contributed by atoms with E-state index in [1.54, 1.807) is 60.8 Å². The van der Waals surface area contributed by atoms with Crippen LogP contribution < -0.4 is 60.2 Å². The number of aliphatic imine (C=N–C) groups is 1. The van der Waals surface area contributed by atoms with Gasteiger partial charge < -0.3 is 80.5 Å². The zero-order chi connectivity index (χ0) is 52.8. The van der Waals surface area contributed by atoms with E-state index in [0.717, 1.165) is 5.56 Å². The van der Waals surface area contributed by atoms with Gasteiger partial charge in [0.15, 0.2) is 5.96 Å². The predicted octanol–water partition coefficient (Wildman–Crippen LogP) is -4.17. The molecule has 0 fully saturated rings. The van der Waals surface area contributed by atoms with Gasteiger partial charge in [-0.3, -0.25) is 48.1 Å². The van der Waals surface area contributed by atoms with Crippen LogP contribution >= 0.6 is 0 Å². The Bertz CT molecular complexity index is 2390. The maximum atomic E-state index is 14.3. The smallest absolute Gasteiger partial charge is 0.326 e. The van der Waals surface area contributed by atoms with Gasteiger partial charge in [0.2, 0.25) is 47.3 Å². The van der Waals surface area contributed by atoms with Crippen LogP contribution in [0.5, 0.6) is 0 Å². The van der Waals surface area contributed by atoms with E-state index in [0.29, 0.717) is 16.5 Å². The van der Waals surface area contributed by atoms with Crippen LogP contribution in [0.4, 0.5) is 0 Å². The number of aliphatic hydroxyl groups is 1. The Labute approximate surface area is 407 Å². The SMILES string of the molecule is CC(C)C(NC(=O)C(Cc1c[nH]c2ccccc12)NC(=O)C(CCC(N)=O)NC(=O)C(N)Cc1ccccc1)C(=O)NC(CC(=O)O)C(=O)NCC(=O)NC(CO)C(=O)NC(CCCN=C(N)N)C(=O)O. The molecule has 0 saturated carbocycles. The molecular weight excluding hydrogens is 931 g/mol. The number of H-pyrrole nitrogens is 1. The minimum Gasteiger partial charge on any atom is -0.481 e. The largest absolute Gasteiger partial charge is 0.481 e. The lowest BCUT2D eigenvalue weighted by atomic mass is 9.99. The molecule has 0 aliphatic carbocycles. The maximum Gasteiger partial charge on any atom is 0.326 e. The van der Waals surface area contributed by atoms with E-state index in [9.17, 15) is 63.3 Å². The summed E-state index contributed by atoms with van der Waals surface area (Å²) in [7, 11) is 0. The number of nitrogens with zero attached hydrogens (tertiary/aromatic N) is 1. The maximum absolute atomic E-state index is 14.3. The number of guanidine groups is 1. The first-order valence-electron chi connectivity index (χ1n) is 22.4. The molecule has 7 atom stereocenters. The number of carboxylic acids is 2. The van der Waals surface area contributed by atoms with Crippen LogP contribution in [0.2, 0.25) is 0 Å². The van der Waals surface area contributed by atoms with Gasteiger partial charge in [-0.25, -0.2) is 4.79 Å². The molecule has 0 aliphatic rings. The first kappa shape index (κ1) is 57.2. The van der Waals surface area contributed by atoms with E-state index in [1.165, 1.54) is 13.8 Å². The lowest BCUT2D eigenvalue weighted by Gasteiger charge is -2.28. The molecule has 1 aromatic heterocycles. The van der Waals surface area contributed by atoms with Gasteiger partial charge in [0.05, 0.1) is 25.6 Å². The zero-order valence-electron chi connectivity index (χ0n) is 39.1. The van der Waals surface area contributed by atoms with Gasteiger partial charge in [0.25, 0.3) is 0 Å². The van der Waals surface area contributed by atoms with Crippen LogP contribution in [0, 0.1) is 5.92 Å². The number of aromatic nitrogens is 1. The highest BCUT2D eigenvalue weighted by Crippen LogP contribution is 2.20. The fourth-order valence-corrected chi connectivity index (χ4v) is 6.99. The minimum atomic E-state index is -1.84. The van der Waals surface area contributed by atoms with Gasteiger partial charge in [0.1, 0.15) is 36.3 Å². The fraction of sp³-hybridized carbons (Fsp3) is 0.444. The molecule has 8 amide bonds. The van der Waals surface area contributed by atoms with Crippen molar-refractivity contribution in [1.29, 1.82) is 0 Å². The minimum absolute atomic E-state index is 0.0584. The number of amides is 8. The third-order valence-electron chi connectivity index (χ3n) is 10.8. The number of carbonyl (C=O) groups is 10. The van der Waals surface area contributed by atoms with E-state index in [4.69, 9.17) is 22.9 Å². The molecule has 1 heterocycles. The van der Waals surface area contributed by atoms with Crippen LogP contribution in [0.25, 0.3) is 10.9 Å². The number of benzene rings is 2. The average Bonchev–Trinajstić information content (AvgIpc) is 3.72. The molecule has 0 aliphatic heterocycles. The number of primary amides is 1. The lowest BCUT2D eigenvalue weighted by Crippen LogP contribution is -2.60. The Balaban J connectivity index is 1.78. The second-order valence-corrected chi connectivity index (χ2v) is 16.7. The fourth-order valence-electron chi connectivity index (χ4n) is 6.99. The highest BCUT2D eigenvalue weighted by molar-refractivity contribution is 5.98.